The maximum Gasteiger partial charge on any atom is 0.370 e. The minimum atomic E-state index is -1.31. The first-order valence-electron chi connectivity index (χ1n) is 9.82. The second-order valence-corrected chi connectivity index (χ2v) is 7.02. The zero-order valence-corrected chi connectivity index (χ0v) is 17.0. The van der Waals surface area contributed by atoms with E-state index in [0.717, 1.165) is 5.56 Å². The van der Waals surface area contributed by atoms with Crippen molar-refractivity contribution in [3.8, 4) is 0 Å². The predicted octanol–water partition coefficient (Wildman–Crippen LogP) is 1.58. The van der Waals surface area contributed by atoms with Gasteiger partial charge >= 0.3 is 5.97 Å². The molecule has 0 spiro atoms. The molecule has 2 rings (SSSR count). The fourth-order valence-electron chi connectivity index (χ4n) is 3.33. The number of carboxylic acid groups (broad SMARTS) is 1. The van der Waals surface area contributed by atoms with Crippen LogP contribution in [0.2, 0.25) is 0 Å². The summed E-state index contributed by atoms with van der Waals surface area (Å²) < 4.78 is 5.53. The van der Waals surface area contributed by atoms with Crippen LogP contribution in [0, 0.1) is 0 Å². The Morgan fingerprint density at radius 2 is 1.90 bits per heavy atom. The molecule has 1 heterocycles. The van der Waals surface area contributed by atoms with Crippen LogP contribution >= 0.6 is 0 Å². The molecular weight excluding hydrogens is 374 g/mol. The van der Waals surface area contributed by atoms with Crippen molar-refractivity contribution in [1.29, 1.82) is 0 Å². The summed E-state index contributed by atoms with van der Waals surface area (Å²) in [6, 6.07) is 7.54. The molecule has 1 aromatic rings. The summed E-state index contributed by atoms with van der Waals surface area (Å²) >= 11 is 0. The third-order valence-corrected chi connectivity index (χ3v) is 4.94. The minimum Gasteiger partial charge on any atom is -0.475 e. The van der Waals surface area contributed by atoms with Crippen molar-refractivity contribution < 1.29 is 24.2 Å². The highest BCUT2D eigenvalue weighted by molar-refractivity contribution is 5.89. The summed E-state index contributed by atoms with van der Waals surface area (Å²) in [4.78, 5) is 38.5. The minimum absolute atomic E-state index is 0.207. The highest BCUT2D eigenvalue weighted by Crippen LogP contribution is 2.26. The Kier molecular flexibility index (Phi) is 7.78. The van der Waals surface area contributed by atoms with Crippen molar-refractivity contribution in [2.24, 2.45) is 5.73 Å². The number of hydrogen-bond acceptors (Lipinski definition) is 5. The molecule has 1 aromatic carbocycles. The van der Waals surface area contributed by atoms with Crippen LogP contribution < -0.4 is 11.1 Å². The summed E-state index contributed by atoms with van der Waals surface area (Å²) in [5.74, 6) is -2.40. The molecule has 0 aromatic heterocycles. The van der Waals surface area contributed by atoms with Crippen LogP contribution in [0.5, 0.6) is 0 Å². The highest BCUT2D eigenvalue weighted by atomic mass is 16.5. The van der Waals surface area contributed by atoms with E-state index in [0.29, 0.717) is 13.0 Å². The molecule has 2 amide bonds. The Hall–Kier alpha value is -2.87. The molecule has 0 radical (unpaired) electrons. The molecule has 0 saturated heterocycles. The maximum atomic E-state index is 13.5. The molecule has 0 aliphatic carbocycles. The summed E-state index contributed by atoms with van der Waals surface area (Å²) in [5.41, 5.74) is 7.04. The Morgan fingerprint density at radius 1 is 1.24 bits per heavy atom. The van der Waals surface area contributed by atoms with Gasteiger partial charge in [-0.15, -0.1) is 0 Å². The standard InChI is InChI=1S/C21H29N3O5/c1-4-11-24(13(3)14-9-7-6-8-10-14)20(26)19-18(23-17(25)5-2)15(22)12-16(29-19)21(27)28/h6-10,12-13,15,18-19H,4-5,11,22H2,1-3H3,(H,23,25)(H,27,28)/t13?,15-,18+,19+/m0/s1. The molecular formula is C21H29N3O5. The van der Waals surface area contributed by atoms with Crippen LogP contribution in [0.1, 0.15) is 45.2 Å². The number of nitrogens with zero attached hydrogens (tertiary/aromatic N) is 1. The summed E-state index contributed by atoms with van der Waals surface area (Å²) in [6.07, 6.45) is 0.903. The lowest BCUT2D eigenvalue weighted by molar-refractivity contribution is -0.151. The molecule has 158 valence electrons. The van der Waals surface area contributed by atoms with E-state index < -0.39 is 30.1 Å². The smallest absolute Gasteiger partial charge is 0.370 e. The number of nitrogens with two attached hydrogens (primary N) is 1. The number of ether oxygens (including phenoxy) is 1. The molecule has 4 N–H and O–H groups in total. The van der Waals surface area contributed by atoms with Gasteiger partial charge in [0.15, 0.2) is 6.10 Å². The molecule has 0 saturated carbocycles. The summed E-state index contributed by atoms with van der Waals surface area (Å²) in [6.45, 7) is 5.98. The molecule has 1 unspecified atom stereocenters. The Balaban J connectivity index is 2.37. The van der Waals surface area contributed by atoms with E-state index in [9.17, 15) is 19.5 Å². The van der Waals surface area contributed by atoms with Crippen molar-refractivity contribution in [2.45, 2.75) is 57.8 Å². The average Bonchev–Trinajstić information content (AvgIpc) is 2.72. The Bertz CT molecular complexity index is 765. The lowest BCUT2D eigenvalue weighted by atomic mass is 9.96. The van der Waals surface area contributed by atoms with E-state index in [1.54, 1.807) is 11.8 Å². The lowest BCUT2D eigenvalue weighted by Gasteiger charge is -2.39. The van der Waals surface area contributed by atoms with Crippen LogP contribution in [0.15, 0.2) is 42.2 Å². The normalized spacial score (nSPS) is 22.1. The van der Waals surface area contributed by atoms with E-state index in [2.05, 4.69) is 5.32 Å². The number of carboxylic acids is 1. The zero-order chi connectivity index (χ0) is 21.6. The second-order valence-electron chi connectivity index (χ2n) is 7.02. The molecule has 4 atom stereocenters. The first-order valence-corrected chi connectivity index (χ1v) is 9.82. The van der Waals surface area contributed by atoms with Crippen molar-refractivity contribution in [1.82, 2.24) is 10.2 Å². The number of carbonyl (C=O) groups excluding carboxylic acids is 2. The summed E-state index contributed by atoms with van der Waals surface area (Å²) in [7, 11) is 0. The van der Waals surface area contributed by atoms with Crippen LogP contribution in [-0.4, -0.2) is 52.5 Å². The third kappa shape index (κ3) is 5.35. The highest BCUT2D eigenvalue weighted by Gasteiger charge is 2.43. The van der Waals surface area contributed by atoms with Gasteiger partial charge in [0.1, 0.15) is 0 Å². The maximum absolute atomic E-state index is 13.5. The topological polar surface area (TPSA) is 122 Å². The molecule has 0 bridgehead atoms. The van der Waals surface area contributed by atoms with Gasteiger partial charge in [-0.1, -0.05) is 44.2 Å². The fraction of sp³-hybridized carbons (Fsp3) is 0.476. The van der Waals surface area contributed by atoms with Crippen molar-refractivity contribution in [3.63, 3.8) is 0 Å². The zero-order valence-electron chi connectivity index (χ0n) is 17.0. The quantitative estimate of drug-likeness (QED) is 0.606. The number of nitrogens with one attached hydrogen (secondary N) is 1. The number of rotatable bonds is 8. The van der Waals surface area contributed by atoms with Crippen LogP contribution in [0.25, 0.3) is 0 Å². The van der Waals surface area contributed by atoms with Gasteiger partial charge in [0.25, 0.3) is 5.91 Å². The van der Waals surface area contributed by atoms with Gasteiger partial charge < -0.3 is 25.8 Å². The lowest BCUT2D eigenvalue weighted by Crippen LogP contribution is -2.61. The Labute approximate surface area is 170 Å². The molecule has 8 heteroatoms. The van der Waals surface area contributed by atoms with E-state index in [4.69, 9.17) is 10.5 Å². The molecule has 1 aliphatic rings. The molecule has 29 heavy (non-hydrogen) atoms. The van der Waals surface area contributed by atoms with E-state index >= 15 is 0 Å². The molecule has 0 fully saturated rings. The van der Waals surface area contributed by atoms with Gasteiger partial charge in [-0.2, -0.15) is 0 Å². The second kappa shape index (κ2) is 10.1. The largest absolute Gasteiger partial charge is 0.475 e. The van der Waals surface area contributed by atoms with Crippen LogP contribution in [0.3, 0.4) is 0 Å². The van der Waals surface area contributed by atoms with Crippen molar-refractivity contribution in [3.05, 3.63) is 47.7 Å². The van der Waals surface area contributed by atoms with E-state index in [1.807, 2.05) is 44.2 Å². The van der Waals surface area contributed by atoms with E-state index in [-0.39, 0.29) is 24.1 Å². The number of benzene rings is 1. The van der Waals surface area contributed by atoms with Crippen molar-refractivity contribution in [2.75, 3.05) is 6.54 Å². The van der Waals surface area contributed by atoms with Gasteiger partial charge in [-0.3, -0.25) is 9.59 Å². The number of aliphatic carboxylic acids is 1. The van der Waals surface area contributed by atoms with Gasteiger partial charge in [0.2, 0.25) is 11.7 Å². The monoisotopic (exact) mass is 403 g/mol. The van der Waals surface area contributed by atoms with Gasteiger partial charge in [-0.25, -0.2) is 4.79 Å². The molecule has 1 aliphatic heterocycles. The number of carbonyl (C=O) groups is 3. The van der Waals surface area contributed by atoms with Crippen molar-refractivity contribution >= 4 is 17.8 Å². The van der Waals surface area contributed by atoms with E-state index in [1.165, 1.54) is 6.08 Å². The SMILES string of the molecule is CCCN(C(=O)[C@@H]1OC(C(=O)O)=C[C@H](N)[C@H]1NC(=O)CC)C(C)c1ccccc1. The van der Waals surface area contributed by atoms with Crippen LogP contribution in [0.4, 0.5) is 0 Å². The van der Waals surface area contributed by atoms with Crippen LogP contribution in [-0.2, 0) is 19.1 Å². The first kappa shape index (κ1) is 22.4. The average molecular weight is 403 g/mol. The number of amides is 2. The van der Waals surface area contributed by atoms with Gasteiger partial charge in [0, 0.05) is 13.0 Å². The first-order chi connectivity index (χ1) is 13.8. The van der Waals surface area contributed by atoms with Gasteiger partial charge in [0.05, 0.1) is 18.1 Å². The number of hydrogen-bond donors (Lipinski definition) is 3. The van der Waals surface area contributed by atoms with Gasteiger partial charge in [-0.05, 0) is 25.0 Å². The predicted molar refractivity (Wildman–Crippen MR) is 108 cm³/mol. The third-order valence-electron chi connectivity index (χ3n) is 4.94. The Morgan fingerprint density at radius 3 is 2.45 bits per heavy atom. The fourth-order valence-corrected chi connectivity index (χ4v) is 3.33. The molecule has 8 nitrogen and oxygen atoms in total. The summed E-state index contributed by atoms with van der Waals surface area (Å²) in [5, 5.41) is 12.0.